The zero-order valence-corrected chi connectivity index (χ0v) is 10.2. The van der Waals surface area contributed by atoms with Crippen molar-refractivity contribution >= 4 is 26.7 Å². The lowest BCUT2D eigenvalue weighted by atomic mass is 10.0. The van der Waals surface area contributed by atoms with Crippen molar-refractivity contribution in [3.63, 3.8) is 0 Å². The maximum absolute atomic E-state index is 9.84. The summed E-state index contributed by atoms with van der Waals surface area (Å²) < 4.78 is 1.01. The summed E-state index contributed by atoms with van der Waals surface area (Å²) >= 11 is 3.56. The molecule has 0 saturated carbocycles. The lowest BCUT2D eigenvalue weighted by Gasteiger charge is -2.12. The van der Waals surface area contributed by atoms with Gasteiger partial charge in [-0.25, -0.2) is 0 Å². The van der Waals surface area contributed by atoms with Crippen molar-refractivity contribution in [2.75, 3.05) is 0 Å². The Morgan fingerprint density at radius 1 is 1.20 bits per heavy atom. The highest BCUT2D eigenvalue weighted by atomic mass is 79.9. The van der Waals surface area contributed by atoms with E-state index < -0.39 is 0 Å². The van der Waals surface area contributed by atoms with Gasteiger partial charge in [0.15, 0.2) is 0 Å². The Hall–Kier alpha value is -0.860. The number of rotatable bonds is 2. The Morgan fingerprint density at radius 3 is 2.67 bits per heavy atom. The molecule has 0 bridgehead atoms. The van der Waals surface area contributed by atoms with Gasteiger partial charge < -0.3 is 5.11 Å². The van der Waals surface area contributed by atoms with Crippen LogP contribution in [0.1, 0.15) is 25.0 Å². The Kier molecular flexibility index (Phi) is 3.08. The lowest BCUT2D eigenvalue weighted by molar-refractivity contribution is 0.173. The number of aliphatic hydroxyl groups is 1. The molecule has 1 N–H and O–H groups in total. The number of fused-ring (bicyclic) bond motifs is 1. The molecule has 0 aromatic heterocycles. The van der Waals surface area contributed by atoms with Crippen molar-refractivity contribution in [3.8, 4) is 0 Å². The van der Waals surface area contributed by atoms with Crippen LogP contribution in [0.4, 0.5) is 0 Å². The van der Waals surface area contributed by atoms with Gasteiger partial charge >= 0.3 is 0 Å². The first kappa shape index (κ1) is 10.7. The maximum Gasteiger partial charge on any atom is 0.0798 e. The zero-order valence-electron chi connectivity index (χ0n) is 8.57. The molecule has 15 heavy (non-hydrogen) atoms. The molecule has 0 aliphatic heterocycles. The van der Waals surface area contributed by atoms with E-state index in [0.717, 1.165) is 21.8 Å². The Morgan fingerprint density at radius 2 is 1.93 bits per heavy atom. The summed E-state index contributed by atoms with van der Waals surface area (Å²) in [6, 6.07) is 12.2. The van der Waals surface area contributed by atoms with Gasteiger partial charge in [-0.3, -0.25) is 0 Å². The molecule has 0 aliphatic carbocycles. The van der Waals surface area contributed by atoms with Gasteiger partial charge in [-0.2, -0.15) is 0 Å². The van der Waals surface area contributed by atoms with E-state index >= 15 is 0 Å². The molecule has 0 aliphatic rings. The van der Waals surface area contributed by atoms with Crippen LogP contribution in [0.2, 0.25) is 0 Å². The van der Waals surface area contributed by atoms with Crippen LogP contribution < -0.4 is 0 Å². The molecular weight excluding hydrogens is 252 g/mol. The summed E-state index contributed by atoms with van der Waals surface area (Å²) in [5.74, 6) is 0. The lowest BCUT2D eigenvalue weighted by Crippen LogP contribution is -1.96. The Balaban J connectivity index is 2.65. The minimum absolute atomic E-state index is 0.385. The number of hydrogen-bond donors (Lipinski definition) is 1. The van der Waals surface area contributed by atoms with Gasteiger partial charge in [0.05, 0.1) is 6.10 Å². The van der Waals surface area contributed by atoms with Gasteiger partial charge in [-0.15, -0.1) is 0 Å². The van der Waals surface area contributed by atoms with Crippen LogP contribution >= 0.6 is 15.9 Å². The molecule has 0 unspecified atom stereocenters. The third-order valence-electron chi connectivity index (χ3n) is 2.64. The fourth-order valence-electron chi connectivity index (χ4n) is 1.73. The predicted molar refractivity (Wildman–Crippen MR) is 66.9 cm³/mol. The van der Waals surface area contributed by atoms with Crippen LogP contribution in [-0.2, 0) is 0 Å². The van der Waals surface area contributed by atoms with E-state index in [1.807, 2.05) is 31.2 Å². The van der Waals surface area contributed by atoms with E-state index in [9.17, 15) is 5.11 Å². The van der Waals surface area contributed by atoms with Crippen LogP contribution in [0, 0.1) is 0 Å². The second-order valence-electron chi connectivity index (χ2n) is 3.61. The highest BCUT2D eigenvalue weighted by molar-refractivity contribution is 9.10. The number of halogens is 1. The Labute approximate surface area is 97.9 Å². The first-order valence-corrected chi connectivity index (χ1v) is 5.88. The average Bonchev–Trinajstić information content (AvgIpc) is 2.29. The van der Waals surface area contributed by atoms with E-state index in [4.69, 9.17) is 0 Å². The molecule has 0 radical (unpaired) electrons. The summed E-state index contributed by atoms with van der Waals surface area (Å²) in [4.78, 5) is 0. The average molecular weight is 265 g/mol. The molecule has 0 heterocycles. The van der Waals surface area contributed by atoms with Gasteiger partial charge in [0.2, 0.25) is 0 Å². The summed E-state index contributed by atoms with van der Waals surface area (Å²) in [6.07, 6.45) is 0.348. The molecule has 78 valence electrons. The van der Waals surface area contributed by atoms with Crippen LogP contribution in [0.5, 0.6) is 0 Å². The fraction of sp³-hybridized carbons (Fsp3) is 0.231. The van der Waals surface area contributed by atoms with Crippen molar-refractivity contribution in [3.05, 3.63) is 46.4 Å². The summed E-state index contributed by atoms with van der Waals surface area (Å²) in [7, 11) is 0. The largest absolute Gasteiger partial charge is 0.388 e. The van der Waals surface area contributed by atoms with Gasteiger partial charge in [0.25, 0.3) is 0 Å². The third kappa shape index (κ3) is 1.92. The quantitative estimate of drug-likeness (QED) is 0.868. The third-order valence-corrected chi connectivity index (χ3v) is 3.52. The minimum atomic E-state index is -0.385. The van der Waals surface area contributed by atoms with Gasteiger partial charge in [0, 0.05) is 4.47 Å². The number of hydrogen-bond acceptors (Lipinski definition) is 1. The topological polar surface area (TPSA) is 20.2 Å². The van der Waals surface area contributed by atoms with Gasteiger partial charge in [-0.1, -0.05) is 43.3 Å². The van der Waals surface area contributed by atoms with Crippen LogP contribution in [0.25, 0.3) is 10.8 Å². The SMILES string of the molecule is CC[C@H](O)c1ccc2ccccc2c1Br. The normalized spacial score (nSPS) is 13.0. The van der Waals surface area contributed by atoms with E-state index in [-0.39, 0.29) is 6.10 Å². The smallest absolute Gasteiger partial charge is 0.0798 e. The zero-order chi connectivity index (χ0) is 10.8. The van der Waals surface area contributed by atoms with Crippen molar-refractivity contribution < 1.29 is 5.11 Å². The minimum Gasteiger partial charge on any atom is -0.388 e. The van der Waals surface area contributed by atoms with E-state index in [2.05, 4.69) is 28.1 Å². The summed E-state index contributed by atoms with van der Waals surface area (Å²) in [6.45, 7) is 1.98. The Bertz CT molecular complexity index is 479. The molecular formula is C13H13BrO. The van der Waals surface area contributed by atoms with Gasteiger partial charge in [0.1, 0.15) is 0 Å². The monoisotopic (exact) mass is 264 g/mol. The molecule has 2 aromatic carbocycles. The van der Waals surface area contributed by atoms with E-state index in [0.29, 0.717) is 0 Å². The highest BCUT2D eigenvalue weighted by Gasteiger charge is 2.10. The second-order valence-corrected chi connectivity index (χ2v) is 4.41. The maximum atomic E-state index is 9.84. The van der Waals surface area contributed by atoms with Crippen molar-refractivity contribution in [1.29, 1.82) is 0 Å². The highest BCUT2D eigenvalue weighted by Crippen LogP contribution is 2.32. The molecule has 0 spiro atoms. The second kappa shape index (κ2) is 4.33. The molecule has 0 fully saturated rings. The fourth-order valence-corrected chi connectivity index (χ4v) is 2.49. The summed E-state index contributed by atoms with van der Waals surface area (Å²) in [5.41, 5.74) is 0.969. The standard InChI is InChI=1S/C13H13BrO/c1-2-12(15)11-8-7-9-5-3-4-6-10(9)13(11)14/h3-8,12,15H,2H2,1H3/t12-/m0/s1. The number of benzene rings is 2. The molecule has 1 nitrogen and oxygen atoms in total. The van der Waals surface area contributed by atoms with Crippen molar-refractivity contribution in [1.82, 2.24) is 0 Å². The van der Waals surface area contributed by atoms with Crippen molar-refractivity contribution in [2.24, 2.45) is 0 Å². The van der Waals surface area contributed by atoms with Crippen LogP contribution in [0.3, 0.4) is 0 Å². The molecule has 2 heteroatoms. The molecule has 2 rings (SSSR count). The van der Waals surface area contributed by atoms with Crippen molar-refractivity contribution in [2.45, 2.75) is 19.4 Å². The molecule has 1 atom stereocenters. The first-order chi connectivity index (χ1) is 7.24. The summed E-state index contributed by atoms with van der Waals surface area (Å²) in [5, 5.41) is 12.2. The first-order valence-electron chi connectivity index (χ1n) is 5.09. The van der Waals surface area contributed by atoms with E-state index in [1.54, 1.807) is 0 Å². The molecule has 0 amide bonds. The van der Waals surface area contributed by atoms with Gasteiger partial charge in [-0.05, 0) is 38.7 Å². The van der Waals surface area contributed by atoms with Crippen LogP contribution in [0.15, 0.2) is 40.9 Å². The molecule has 2 aromatic rings. The van der Waals surface area contributed by atoms with Crippen LogP contribution in [-0.4, -0.2) is 5.11 Å². The predicted octanol–water partition coefficient (Wildman–Crippen LogP) is 4.05. The number of aliphatic hydroxyl groups excluding tert-OH is 1. The molecule has 0 saturated heterocycles. The van der Waals surface area contributed by atoms with E-state index in [1.165, 1.54) is 5.39 Å².